The number of rotatable bonds is 4. The second-order valence-electron chi connectivity index (χ2n) is 4.46. The van der Waals surface area contributed by atoms with E-state index in [2.05, 4.69) is 15.3 Å². The fourth-order valence-corrected chi connectivity index (χ4v) is 1.56. The highest BCUT2D eigenvalue weighted by Crippen LogP contribution is 2.21. The molecule has 0 aliphatic carbocycles. The molecule has 1 amide bonds. The number of aromatic nitrogens is 2. The van der Waals surface area contributed by atoms with Gasteiger partial charge in [-0.15, -0.1) is 0 Å². The summed E-state index contributed by atoms with van der Waals surface area (Å²) in [6.45, 7) is 3.36. The Bertz CT molecular complexity index is 550. The van der Waals surface area contributed by atoms with Crippen LogP contribution in [0.4, 0.5) is 5.95 Å². The molecule has 0 aliphatic heterocycles. The van der Waals surface area contributed by atoms with Crippen LogP contribution < -0.4 is 10.1 Å². The van der Waals surface area contributed by atoms with Crippen molar-refractivity contribution in [3.63, 3.8) is 0 Å². The Balaban J connectivity index is 2.04. The highest BCUT2D eigenvalue weighted by atomic mass is 35.5. The van der Waals surface area contributed by atoms with E-state index in [0.29, 0.717) is 16.7 Å². The van der Waals surface area contributed by atoms with E-state index in [4.69, 9.17) is 16.3 Å². The molecule has 1 aromatic heterocycles. The van der Waals surface area contributed by atoms with Gasteiger partial charge in [0.1, 0.15) is 5.75 Å². The number of aromatic amines is 1. The van der Waals surface area contributed by atoms with E-state index in [0.717, 1.165) is 0 Å². The molecule has 0 fully saturated rings. The Morgan fingerprint density at radius 3 is 2.63 bits per heavy atom. The summed E-state index contributed by atoms with van der Waals surface area (Å²) in [5.74, 6) is 0.666. The van der Waals surface area contributed by atoms with E-state index in [-0.39, 0.29) is 5.91 Å². The average molecular weight is 280 g/mol. The molecule has 0 spiro atoms. The minimum atomic E-state index is -1.03. The van der Waals surface area contributed by atoms with Crippen LogP contribution in [0, 0.1) is 0 Å². The molecule has 0 unspecified atom stereocenters. The van der Waals surface area contributed by atoms with E-state index in [9.17, 15) is 4.79 Å². The number of amides is 1. The van der Waals surface area contributed by atoms with Crippen LogP contribution in [-0.2, 0) is 4.79 Å². The third-order valence-corrected chi connectivity index (χ3v) is 2.72. The number of hydrogen-bond donors (Lipinski definition) is 2. The number of carbonyl (C=O) groups excluding carboxylic acids is 1. The van der Waals surface area contributed by atoms with Crippen LogP contribution in [0.2, 0.25) is 5.02 Å². The van der Waals surface area contributed by atoms with Gasteiger partial charge in [-0.2, -0.15) is 0 Å². The van der Waals surface area contributed by atoms with Gasteiger partial charge in [0, 0.05) is 17.4 Å². The van der Waals surface area contributed by atoms with E-state index < -0.39 is 5.60 Å². The number of carbonyl (C=O) groups is 1. The summed E-state index contributed by atoms with van der Waals surface area (Å²) in [7, 11) is 0. The van der Waals surface area contributed by atoms with Gasteiger partial charge in [-0.1, -0.05) is 11.6 Å². The third kappa shape index (κ3) is 3.48. The number of anilines is 1. The number of nitrogens with zero attached hydrogens (tertiary/aromatic N) is 1. The van der Waals surface area contributed by atoms with Crippen LogP contribution in [0.5, 0.6) is 5.75 Å². The molecular formula is C13H14ClN3O2. The summed E-state index contributed by atoms with van der Waals surface area (Å²) in [5.41, 5.74) is -1.03. The predicted molar refractivity (Wildman–Crippen MR) is 73.4 cm³/mol. The Hall–Kier alpha value is -2.01. The summed E-state index contributed by atoms with van der Waals surface area (Å²) in [4.78, 5) is 18.8. The van der Waals surface area contributed by atoms with Gasteiger partial charge < -0.3 is 9.72 Å². The number of benzene rings is 1. The van der Waals surface area contributed by atoms with Gasteiger partial charge in [-0.25, -0.2) is 4.98 Å². The lowest BCUT2D eigenvalue weighted by Crippen LogP contribution is -2.42. The molecule has 0 saturated heterocycles. The zero-order valence-electron chi connectivity index (χ0n) is 10.6. The fourth-order valence-electron chi connectivity index (χ4n) is 1.44. The number of hydrogen-bond acceptors (Lipinski definition) is 3. The van der Waals surface area contributed by atoms with Crippen LogP contribution in [-0.4, -0.2) is 21.5 Å². The number of nitrogens with one attached hydrogen (secondary N) is 2. The first-order valence-electron chi connectivity index (χ1n) is 5.73. The first-order chi connectivity index (χ1) is 8.97. The minimum absolute atomic E-state index is 0.294. The molecule has 6 heteroatoms. The molecule has 5 nitrogen and oxygen atoms in total. The van der Waals surface area contributed by atoms with Crippen LogP contribution >= 0.6 is 11.6 Å². The zero-order chi connectivity index (χ0) is 13.9. The molecule has 1 heterocycles. The highest BCUT2D eigenvalue weighted by molar-refractivity contribution is 6.30. The quantitative estimate of drug-likeness (QED) is 0.904. The van der Waals surface area contributed by atoms with Gasteiger partial charge in [0.25, 0.3) is 5.91 Å². The summed E-state index contributed by atoms with van der Waals surface area (Å²) in [6, 6.07) is 6.84. The standard InChI is InChI=1S/C13H14ClN3O2/c1-13(2,11(18)17-12-15-7-8-16-12)19-10-5-3-9(14)4-6-10/h3-8H,1-2H3,(H2,15,16,17,18). The van der Waals surface area contributed by atoms with Crippen LogP contribution in [0.1, 0.15) is 13.8 Å². The molecule has 0 bridgehead atoms. The average Bonchev–Trinajstić information content (AvgIpc) is 2.84. The lowest BCUT2D eigenvalue weighted by atomic mass is 10.1. The topological polar surface area (TPSA) is 67.0 Å². The van der Waals surface area contributed by atoms with Crippen molar-refractivity contribution in [3.8, 4) is 5.75 Å². The molecule has 0 saturated carbocycles. The molecule has 19 heavy (non-hydrogen) atoms. The molecule has 0 radical (unpaired) electrons. The zero-order valence-corrected chi connectivity index (χ0v) is 11.4. The van der Waals surface area contributed by atoms with Gasteiger partial charge in [-0.3, -0.25) is 10.1 Å². The second kappa shape index (κ2) is 5.32. The Morgan fingerprint density at radius 2 is 2.05 bits per heavy atom. The molecule has 2 rings (SSSR count). The normalized spacial score (nSPS) is 11.1. The summed E-state index contributed by atoms with van der Waals surface area (Å²) < 4.78 is 5.66. The predicted octanol–water partition coefficient (Wildman–Crippen LogP) is 2.86. The number of halogens is 1. The molecule has 1 aromatic carbocycles. The van der Waals surface area contributed by atoms with E-state index >= 15 is 0 Å². The Kier molecular flexibility index (Phi) is 3.76. The van der Waals surface area contributed by atoms with E-state index in [1.54, 1.807) is 50.5 Å². The number of H-pyrrole nitrogens is 1. The van der Waals surface area contributed by atoms with E-state index in [1.807, 2.05) is 0 Å². The first kappa shape index (κ1) is 13.4. The number of imidazole rings is 1. The lowest BCUT2D eigenvalue weighted by molar-refractivity contribution is -0.128. The molecular weight excluding hydrogens is 266 g/mol. The molecule has 2 aromatic rings. The van der Waals surface area contributed by atoms with Crippen LogP contribution in [0.15, 0.2) is 36.7 Å². The maximum Gasteiger partial charge on any atom is 0.270 e. The van der Waals surface area contributed by atoms with Crippen molar-refractivity contribution >= 4 is 23.5 Å². The van der Waals surface area contributed by atoms with Crippen molar-refractivity contribution in [3.05, 3.63) is 41.7 Å². The van der Waals surface area contributed by atoms with Crippen LogP contribution in [0.3, 0.4) is 0 Å². The van der Waals surface area contributed by atoms with Gasteiger partial charge >= 0.3 is 0 Å². The van der Waals surface area contributed by atoms with E-state index in [1.165, 1.54) is 0 Å². The van der Waals surface area contributed by atoms with Crippen molar-refractivity contribution in [1.82, 2.24) is 9.97 Å². The Morgan fingerprint density at radius 1 is 1.37 bits per heavy atom. The SMILES string of the molecule is CC(C)(Oc1ccc(Cl)cc1)C(=O)Nc1ncc[nH]1. The Labute approximate surface area is 116 Å². The molecule has 100 valence electrons. The number of ether oxygens (including phenoxy) is 1. The summed E-state index contributed by atoms with van der Waals surface area (Å²) >= 11 is 5.79. The monoisotopic (exact) mass is 279 g/mol. The largest absolute Gasteiger partial charge is 0.478 e. The van der Waals surface area contributed by atoms with Crippen molar-refractivity contribution in [2.75, 3.05) is 5.32 Å². The van der Waals surface area contributed by atoms with Gasteiger partial charge in [0.15, 0.2) is 5.60 Å². The molecule has 0 atom stereocenters. The maximum atomic E-state index is 12.1. The summed E-state index contributed by atoms with van der Waals surface area (Å²) in [6.07, 6.45) is 3.19. The van der Waals surface area contributed by atoms with Crippen molar-refractivity contribution in [2.45, 2.75) is 19.4 Å². The first-order valence-corrected chi connectivity index (χ1v) is 6.10. The van der Waals surface area contributed by atoms with Crippen molar-refractivity contribution < 1.29 is 9.53 Å². The van der Waals surface area contributed by atoms with Crippen molar-refractivity contribution in [1.29, 1.82) is 0 Å². The van der Waals surface area contributed by atoms with Crippen LogP contribution in [0.25, 0.3) is 0 Å². The summed E-state index contributed by atoms with van der Waals surface area (Å²) in [5, 5.41) is 3.25. The lowest BCUT2D eigenvalue weighted by Gasteiger charge is -2.24. The van der Waals surface area contributed by atoms with Gasteiger partial charge in [-0.05, 0) is 38.1 Å². The van der Waals surface area contributed by atoms with Gasteiger partial charge in [0.2, 0.25) is 5.95 Å². The highest BCUT2D eigenvalue weighted by Gasteiger charge is 2.30. The molecule has 2 N–H and O–H groups in total. The third-order valence-electron chi connectivity index (χ3n) is 2.46. The minimum Gasteiger partial charge on any atom is -0.478 e. The second-order valence-corrected chi connectivity index (χ2v) is 4.89. The fraction of sp³-hybridized carbons (Fsp3) is 0.231. The van der Waals surface area contributed by atoms with Crippen molar-refractivity contribution in [2.24, 2.45) is 0 Å². The van der Waals surface area contributed by atoms with Gasteiger partial charge in [0.05, 0.1) is 0 Å². The smallest absolute Gasteiger partial charge is 0.270 e. The maximum absolute atomic E-state index is 12.1. The molecule has 0 aliphatic rings.